The number of anilines is 3. The summed E-state index contributed by atoms with van der Waals surface area (Å²) in [6, 6.07) is 10.8. The van der Waals surface area contributed by atoms with E-state index in [0.717, 1.165) is 11.3 Å². The molecule has 2 heterocycles. The van der Waals surface area contributed by atoms with Gasteiger partial charge in [-0.1, -0.05) is 23.2 Å². The van der Waals surface area contributed by atoms with Gasteiger partial charge in [-0.15, -0.1) is 0 Å². The summed E-state index contributed by atoms with van der Waals surface area (Å²) in [5.41, 5.74) is 8.44. The average molecular weight is 361 g/mol. The van der Waals surface area contributed by atoms with Gasteiger partial charge in [0.1, 0.15) is 0 Å². The monoisotopic (exact) mass is 360 g/mol. The zero-order valence-electron chi connectivity index (χ0n) is 12.7. The molecule has 24 heavy (non-hydrogen) atoms. The maximum absolute atomic E-state index is 6.14. The standard InChI is InChI=1S/C16H14Cl2N6/c1-19-16-21-14(10-4-6-20-7-5-10)9-15(22-16)24-23-13-3-2-11(17)8-12(13)18/h2-9,23H,1H3,(H2,19,21,22,24). The van der Waals surface area contributed by atoms with Crippen LogP contribution in [0.2, 0.25) is 10.0 Å². The number of rotatable bonds is 5. The Kier molecular flexibility index (Phi) is 4.98. The second kappa shape index (κ2) is 7.33. The molecule has 0 aliphatic carbocycles. The van der Waals surface area contributed by atoms with Crippen molar-refractivity contribution < 1.29 is 0 Å². The van der Waals surface area contributed by atoms with E-state index in [4.69, 9.17) is 23.2 Å². The van der Waals surface area contributed by atoms with Gasteiger partial charge in [0.25, 0.3) is 0 Å². The highest BCUT2D eigenvalue weighted by Crippen LogP contribution is 2.26. The lowest BCUT2D eigenvalue weighted by Crippen LogP contribution is -2.12. The zero-order valence-corrected chi connectivity index (χ0v) is 14.2. The maximum Gasteiger partial charge on any atom is 0.225 e. The molecule has 0 saturated carbocycles. The Morgan fingerprint density at radius 2 is 1.71 bits per heavy atom. The largest absolute Gasteiger partial charge is 0.357 e. The van der Waals surface area contributed by atoms with Crippen LogP contribution in [0.5, 0.6) is 0 Å². The third-order valence-corrected chi connectivity index (χ3v) is 3.73. The van der Waals surface area contributed by atoms with Crippen molar-refractivity contribution >= 4 is 40.7 Å². The zero-order chi connectivity index (χ0) is 16.9. The molecule has 1 aromatic carbocycles. The van der Waals surface area contributed by atoms with Crippen LogP contribution in [-0.2, 0) is 0 Å². The lowest BCUT2D eigenvalue weighted by Gasteiger charge is -2.13. The van der Waals surface area contributed by atoms with Gasteiger partial charge in [0.2, 0.25) is 5.95 Å². The molecule has 2 aromatic heterocycles. The number of benzene rings is 1. The normalized spacial score (nSPS) is 10.3. The third-order valence-electron chi connectivity index (χ3n) is 3.18. The number of pyridine rings is 1. The number of nitrogens with zero attached hydrogens (tertiary/aromatic N) is 3. The van der Waals surface area contributed by atoms with Crippen molar-refractivity contribution in [3.8, 4) is 11.3 Å². The predicted octanol–water partition coefficient (Wildman–Crippen LogP) is 4.33. The summed E-state index contributed by atoms with van der Waals surface area (Å²) in [4.78, 5) is 12.8. The van der Waals surface area contributed by atoms with E-state index in [0.29, 0.717) is 27.5 Å². The van der Waals surface area contributed by atoms with Gasteiger partial charge < -0.3 is 5.32 Å². The van der Waals surface area contributed by atoms with E-state index in [1.165, 1.54) is 0 Å². The van der Waals surface area contributed by atoms with Crippen LogP contribution >= 0.6 is 23.2 Å². The molecule has 0 atom stereocenters. The second-order valence-corrected chi connectivity index (χ2v) is 5.67. The number of hydrogen-bond donors (Lipinski definition) is 3. The van der Waals surface area contributed by atoms with Crippen LogP contribution in [0.3, 0.4) is 0 Å². The minimum atomic E-state index is 0.496. The van der Waals surface area contributed by atoms with E-state index in [2.05, 4.69) is 31.1 Å². The summed E-state index contributed by atoms with van der Waals surface area (Å²) >= 11 is 12.0. The summed E-state index contributed by atoms with van der Waals surface area (Å²) in [7, 11) is 1.76. The van der Waals surface area contributed by atoms with Crippen LogP contribution in [0.4, 0.5) is 17.5 Å². The lowest BCUT2D eigenvalue weighted by atomic mass is 10.2. The Morgan fingerprint density at radius 3 is 2.42 bits per heavy atom. The van der Waals surface area contributed by atoms with E-state index >= 15 is 0 Å². The van der Waals surface area contributed by atoms with Gasteiger partial charge in [-0.3, -0.25) is 15.8 Å². The molecule has 3 N–H and O–H groups in total. The summed E-state index contributed by atoms with van der Waals surface area (Å²) < 4.78 is 0. The topological polar surface area (TPSA) is 74.8 Å². The van der Waals surface area contributed by atoms with Crippen molar-refractivity contribution in [1.29, 1.82) is 0 Å². The van der Waals surface area contributed by atoms with Gasteiger partial charge in [-0.25, -0.2) is 4.98 Å². The maximum atomic E-state index is 6.14. The summed E-state index contributed by atoms with van der Waals surface area (Å²) in [5.74, 6) is 1.09. The summed E-state index contributed by atoms with van der Waals surface area (Å²) in [5, 5.41) is 4.03. The molecule has 6 nitrogen and oxygen atoms in total. The Balaban J connectivity index is 1.85. The van der Waals surface area contributed by atoms with Gasteiger partial charge in [0.05, 0.1) is 16.4 Å². The van der Waals surface area contributed by atoms with Crippen LogP contribution in [-0.4, -0.2) is 22.0 Å². The molecule has 3 aromatic rings. The molecule has 0 aliphatic rings. The van der Waals surface area contributed by atoms with E-state index in [9.17, 15) is 0 Å². The minimum absolute atomic E-state index is 0.496. The molecule has 0 bridgehead atoms. The predicted molar refractivity (Wildman–Crippen MR) is 98.5 cm³/mol. The quantitative estimate of drug-likeness (QED) is 0.588. The average Bonchev–Trinajstić information content (AvgIpc) is 2.61. The first-order valence-electron chi connectivity index (χ1n) is 7.10. The number of halogens is 2. The first-order valence-corrected chi connectivity index (χ1v) is 7.85. The molecule has 8 heteroatoms. The van der Waals surface area contributed by atoms with Crippen molar-refractivity contribution in [1.82, 2.24) is 15.0 Å². The van der Waals surface area contributed by atoms with Gasteiger partial charge in [-0.2, -0.15) is 4.98 Å². The molecular formula is C16H14Cl2N6. The van der Waals surface area contributed by atoms with Gasteiger partial charge in [0, 0.05) is 36.1 Å². The van der Waals surface area contributed by atoms with E-state index in [1.54, 1.807) is 37.6 Å². The Morgan fingerprint density at radius 1 is 0.917 bits per heavy atom. The number of hydrogen-bond acceptors (Lipinski definition) is 6. The molecule has 0 amide bonds. The third kappa shape index (κ3) is 3.84. The first-order chi connectivity index (χ1) is 11.7. The van der Waals surface area contributed by atoms with Crippen molar-refractivity contribution in [3.63, 3.8) is 0 Å². The van der Waals surface area contributed by atoms with Crippen molar-refractivity contribution in [2.45, 2.75) is 0 Å². The molecule has 122 valence electrons. The number of nitrogens with one attached hydrogen (secondary N) is 3. The molecule has 0 unspecified atom stereocenters. The second-order valence-electron chi connectivity index (χ2n) is 4.82. The molecule has 3 rings (SSSR count). The minimum Gasteiger partial charge on any atom is -0.357 e. The van der Waals surface area contributed by atoms with Gasteiger partial charge in [0.15, 0.2) is 5.82 Å². The molecule has 0 aliphatic heterocycles. The molecule has 0 fully saturated rings. The van der Waals surface area contributed by atoms with Crippen molar-refractivity contribution in [2.75, 3.05) is 23.2 Å². The van der Waals surface area contributed by atoms with Crippen LogP contribution < -0.4 is 16.2 Å². The van der Waals surface area contributed by atoms with Gasteiger partial charge >= 0.3 is 0 Å². The summed E-state index contributed by atoms with van der Waals surface area (Å²) in [6.07, 6.45) is 3.44. The van der Waals surface area contributed by atoms with Crippen LogP contribution in [0, 0.1) is 0 Å². The molecule has 0 spiro atoms. The summed E-state index contributed by atoms with van der Waals surface area (Å²) in [6.45, 7) is 0. The van der Waals surface area contributed by atoms with Crippen LogP contribution in [0.1, 0.15) is 0 Å². The highest BCUT2D eigenvalue weighted by molar-refractivity contribution is 6.36. The van der Waals surface area contributed by atoms with Gasteiger partial charge in [-0.05, 0) is 30.3 Å². The highest BCUT2D eigenvalue weighted by Gasteiger charge is 2.07. The number of hydrazine groups is 1. The Hall–Kier alpha value is -2.57. The van der Waals surface area contributed by atoms with Crippen LogP contribution in [0.15, 0.2) is 48.8 Å². The van der Waals surface area contributed by atoms with E-state index < -0.39 is 0 Å². The molecule has 0 radical (unpaired) electrons. The fourth-order valence-electron chi connectivity index (χ4n) is 2.02. The Bertz CT molecular complexity index is 841. The molecular weight excluding hydrogens is 347 g/mol. The highest BCUT2D eigenvalue weighted by atomic mass is 35.5. The fraction of sp³-hybridized carbons (Fsp3) is 0.0625. The SMILES string of the molecule is CNc1nc(NNc2ccc(Cl)cc2Cl)cc(-c2ccncc2)n1. The van der Waals surface area contributed by atoms with E-state index in [1.807, 2.05) is 18.2 Å². The van der Waals surface area contributed by atoms with Crippen LogP contribution in [0.25, 0.3) is 11.3 Å². The fourth-order valence-corrected chi connectivity index (χ4v) is 2.47. The smallest absolute Gasteiger partial charge is 0.225 e. The van der Waals surface area contributed by atoms with Crippen molar-refractivity contribution in [2.24, 2.45) is 0 Å². The number of aromatic nitrogens is 3. The van der Waals surface area contributed by atoms with Crippen molar-refractivity contribution in [3.05, 3.63) is 58.8 Å². The lowest BCUT2D eigenvalue weighted by molar-refractivity contribution is 1.14. The Labute approximate surface area is 149 Å². The molecule has 0 saturated heterocycles. The first kappa shape index (κ1) is 16.3. The van der Waals surface area contributed by atoms with E-state index in [-0.39, 0.29) is 0 Å².